The van der Waals surface area contributed by atoms with E-state index in [9.17, 15) is 29.2 Å². The van der Waals surface area contributed by atoms with Gasteiger partial charge in [-0.15, -0.1) is 0 Å². The summed E-state index contributed by atoms with van der Waals surface area (Å²) in [5.41, 5.74) is 1.36. The van der Waals surface area contributed by atoms with Gasteiger partial charge in [-0.3, -0.25) is 24.6 Å². The smallest absolute Gasteiger partial charge is 0.295 e. The van der Waals surface area contributed by atoms with Crippen LogP contribution in [-0.4, -0.2) is 70.9 Å². The van der Waals surface area contributed by atoms with Crippen molar-refractivity contribution in [3.05, 3.63) is 111 Å². The molecule has 0 spiro atoms. The van der Waals surface area contributed by atoms with Gasteiger partial charge in [-0.1, -0.05) is 12.1 Å². The summed E-state index contributed by atoms with van der Waals surface area (Å²) in [6.07, 6.45) is 0.594. The van der Waals surface area contributed by atoms with Crippen LogP contribution in [0.4, 0.5) is 10.1 Å². The highest BCUT2D eigenvalue weighted by molar-refractivity contribution is 6.46. The topological polar surface area (TPSA) is 122 Å². The van der Waals surface area contributed by atoms with E-state index in [2.05, 4.69) is 4.90 Å². The number of aliphatic hydroxyl groups excluding tert-OH is 1. The number of ketones is 1. The number of non-ortho nitro benzene ring substituents is 1. The Bertz CT molecular complexity index is 1470. The minimum atomic E-state index is -0.912. The number of likely N-dealkylation sites (tertiary alicyclic amines) is 1. The lowest BCUT2D eigenvalue weighted by molar-refractivity contribution is -0.384. The van der Waals surface area contributed by atoms with Crippen LogP contribution in [0, 0.1) is 15.9 Å². The Kier molecular flexibility index (Phi) is 8.89. The number of ether oxygens (including phenoxy) is 2. The van der Waals surface area contributed by atoms with Gasteiger partial charge in [-0.05, 0) is 66.1 Å². The monoisotopic (exact) mass is 575 g/mol. The van der Waals surface area contributed by atoms with Crippen molar-refractivity contribution in [1.82, 2.24) is 9.80 Å². The van der Waals surface area contributed by atoms with E-state index in [4.69, 9.17) is 9.47 Å². The third-order valence-corrected chi connectivity index (χ3v) is 7.38. The number of Topliss-reactive ketones (excluding diaryl/α,β-unsaturated/α-hetero) is 1. The van der Waals surface area contributed by atoms with Gasteiger partial charge in [0, 0.05) is 43.9 Å². The SMILES string of the molecule is O=C1C(=O)N(CCCN2CCOCC2)C(c2ccc([N+](=O)[O-])cc2)C1=C(O)c1ccc(OCc2ccc(F)cc2)cc1. The Morgan fingerprint density at radius 2 is 1.64 bits per heavy atom. The number of nitrogens with zero attached hydrogens (tertiary/aromatic N) is 3. The van der Waals surface area contributed by atoms with Crippen LogP contribution in [0.5, 0.6) is 5.75 Å². The fraction of sp³-hybridized carbons (Fsp3) is 0.290. The van der Waals surface area contributed by atoms with Crippen molar-refractivity contribution in [2.24, 2.45) is 0 Å². The molecule has 0 saturated carbocycles. The Balaban J connectivity index is 1.40. The van der Waals surface area contributed by atoms with Crippen LogP contribution in [0.3, 0.4) is 0 Å². The molecule has 2 aliphatic rings. The van der Waals surface area contributed by atoms with Crippen LogP contribution < -0.4 is 4.74 Å². The molecule has 0 aliphatic carbocycles. The first-order valence-corrected chi connectivity index (χ1v) is 13.6. The van der Waals surface area contributed by atoms with Crippen LogP contribution in [0.25, 0.3) is 5.76 Å². The van der Waals surface area contributed by atoms with Crippen molar-refractivity contribution in [3.63, 3.8) is 0 Å². The van der Waals surface area contributed by atoms with Gasteiger partial charge in [0.15, 0.2) is 0 Å². The molecule has 0 radical (unpaired) electrons. The fourth-order valence-corrected chi connectivity index (χ4v) is 5.14. The second-order valence-electron chi connectivity index (χ2n) is 10.1. The van der Waals surface area contributed by atoms with Crippen molar-refractivity contribution in [3.8, 4) is 5.75 Å². The Morgan fingerprint density at radius 1 is 0.976 bits per heavy atom. The molecule has 10 nitrogen and oxygen atoms in total. The van der Waals surface area contributed by atoms with E-state index in [1.807, 2.05) is 0 Å². The average Bonchev–Trinajstić information content (AvgIpc) is 3.26. The van der Waals surface area contributed by atoms with Crippen LogP contribution in [-0.2, 0) is 20.9 Å². The van der Waals surface area contributed by atoms with Crippen molar-refractivity contribution < 1.29 is 33.5 Å². The van der Waals surface area contributed by atoms with Gasteiger partial charge in [-0.25, -0.2) is 4.39 Å². The summed E-state index contributed by atoms with van der Waals surface area (Å²) in [5.74, 6) is -1.75. The fourth-order valence-electron chi connectivity index (χ4n) is 5.14. The standard InChI is InChI=1S/C31H30FN3O7/c32-24-8-2-21(3-9-24)20-42-26-12-6-23(7-13-26)29(36)27-28(22-4-10-25(11-5-22)35(39)40)34(31(38)30(27)37)15-1-14-33-16-18-41-19-17-33/h2-13,28,36H,1,14-20H2. The zero-order valence-corrected chi connectivity index (χ0v) is 22.8. The lowest BCUT2D eigenvalue weighted by Crippen LogP contribution is -2.38. The van der Waals surface area contributed by atoms with Crippen molar-refractivity contribution in [2.45, 2.75) is 19.1 Å². The Hall–Kier alpha value is -4.61. The molecule has 3 aromatic rings. The predicted molar refractivity (Wildman–Crippen MR) is 151 cm³/mol. The first-order valence-electron chi connectivity index (χ1n) is 13.6. The summed E-state index contributed by atoms with van der Waals surface area (Å²) >= 11 is 0. The van der Waals surface area contributed by atoms with E-state index >= 15 is 0 Å². The Labute approximate surface area is 241 Å². The van der Waals surface area contributed by atoms with E-state index in [1.54, 1.807) is 36.4 Å². The minimum Gasteiger partial charge on any atom is -0.507 e. The molecule has 0 bridgehead atoms. The molecule has 42 heavy (non-hydrogen) atoms. The van der Waals surface area contributed by atoms with Crippen LogP contribution >= 0.6 is 0 Å². The van der Waals surface area contributed by atoms with Gasteiger partial charge >= 0.3 is 0 Å². The van der Waals surface area contributed by atoms with Gasteiger partial charge in [-0.2, -0.15) is 0 Å². The third kappa shape index (κ3) is 6.48. The van der Waals surface area contributed by atoms with E-state index < -0.39 is 22.7 Å². The van der Waals surface area contributed by atoms with Gasteiger partial charge in [0.25, 0.3) is 17.4 Å². The van der Waals surface area contributed by atoms with Gasteiger partial charge in [0.1, 0.15) is 23.9 Å². The van der Waals surface area contributed by atoms with Crippen molar-refractivity contribution >= 4 is 23.1 Å². The molecule has 2 saturated heterocycles. The molecule has 2 fully saturated rings. The number of amides is 1. The molecule has 1 amide bonds. The number of carbonyl (C=O) groups excluding carboxylic acids is 2. The lowest BCUT2D eigenvalue weighted by atomic mass is 9.95. The summed E-state index contributed by atoms with van der Waals surface area (Å²) in [6, 6.07) is 17.1. The van der Waals surface area contributed by atoms with E-state index in [0.29, 0.717) is 43.1 Å². The molecule has 0 aromatic heterocycles. The second kappa shape index (κ2) is 12.9. The zero-order valence-electron chi connectivity index (χ0n) is 22.8. The Morgan fingerprint density at radius 3 is 2.29 bits per heavy atom. The highest BCUT2D eigenvalue weighted by Crippen LogP contribution is 2.40. The van der Waals surface area contributed by atoms with Crippen LogP contribution in [0.15, 0.2) is 78.4 Å². The van der Waals surface area contributed by atoms with Crippen LogP contribution in [0.1, 0.15) is 29.2 Å². The highest BCUT2D eigenvalue weighted by atomic mass is 19.1. The maximum Gasteiger partial charge on any atom is 0.295 e. The third-order valence-electron chi connectivity index (χ3n) is 7.38. The van der Waals surface area contributed by atoms with Gasteiger partial charge in [0.05, 0.1) is 29.8 Å². The van der Waals surface area contributed by atoms with E-state index in [-0.39, 0.29) is 36.0 Å². The normalized spacial score (nSPS) is 18.8. The van der Waals surface area contributed by atoms with E-state index in [1.165, 1.54) is 41.3 Å². The molecule has 11 heteroatoms. The zero-order chi connectivity index (χ0) is 29.6. The average molecular weight is 576 g/mol. The molecule has 1 unspecified atom stereocenters. The largest absolute Gasteiger partial charge is 0.507 e. The number of nitro groups is 1. The second-order valence-corrected chi connectivity index (χ2v) is 10.1. The number of benzene rings is 3. The maximum absolute atomic E-state index is 13.3. The number of hydrogen-bond donors (Lipinski definition) is 1. The molecule has 1 atom stereocenters. The number of morpholine rings is 1. The highest BCUT2D eigenvalue weighted by Gasteiger charge is 2.46. The lowest BCUT2D eigenvalue weighted by Gasteiger charge is -2.29. The van der Waals surface area contributed by atoms with Crippen LogP contribution in [0.2, 0.25) is 0 Å². The predicted octanol–water partition coefficient (Wildman–Crippen LogP) is 4.46. The number of rotatable bonds is 10. The van der Waals surface area contributed by atoms with Crippen molar-refractivity contribution in [2.75, 3.05) is 39.4 Å². The number of carbonyl (C=O) groups is 2. The first kappa shape index (κ1) is 28.9. The summed E-state index contributed by atoms with van der Waals surface area (Å²) < 4.78 is 24.3. The molecular weight excluding hydrogens is 545 g/mol. The number of halogens is 1. The molecule has 2 heterocycles. The minimum absolute atomic E-state index is 0.0831. The molecule has 3 aromatic carbocycles. The van der Waals surface area contributed by atoms with E-state index in [0.717, 1.165) is 18.7 Å². The summed E-state index contributed by atoms with van der Waals surface area (Å²) in [6.45, 7) is 4.03. The number of aliphatic hydroxyl groups is 1. The van der Waals surface area contributed by atoms with Gasteiger partial charge in [0.2, 0.25) is 0 Å². The van der Waals surface area contributed by atoms with Crippen molar-refractivity contribution in [1.29, 1.82) is 0 Å². The van der Waals surface area contributed by atoms with Gasteiger partial charge < -0.3 is 19.5 Å². The molecule has 5 rings (SSSR count). The molecule has 218 valence electrons. The molecule has 2 aliphatic heterocycles. The number of nitro benzene ring substituents is 1. The summed E-state index contributed by atoms with van der Waals surface area (Å²) in [7, 11) is 0. The number of hydrogen-bond acceptors (Lipinski definition) is 8. The maximum atomic E-state index is 13.3. The first-order chi connectivity index (χ1) is 20.3. The summed E-state index contributed by atoms with van der Waals surface area (Å²) in [4.78, 5) is 40.9. The molecular formula is C31H30FN3O7. The summed E-state index contributed by atoms with van der Waals surface area (Å²) in [5, 5.41) is 22.5. The quantitative estimate of drug-likeness (QED) is 0.124. The molecule has 1 N–H and O–H groups in total.